The van der Waals surface area contributed by atoms with Crippen LogP contribution < -0.4 is 5.43 Å². The van der Waals surface area contributed by atoms with Gasteiger partial charge in [-0.1, -0.05) is 29.0 Å². The maximum Gasteiger partial charge on any atom is 0.233 e. The van der Waals surface area contributed by atoms with E-state index in [1.807, 2.05) is 0 Å². The molecule has 0 spiro atoms. The molecule has 9 heteroatoms. The third-order valence-corrected chi connectivity index (χ3v) is 6.26. The Labute approximate surface area is 140 Å². The van der Waals surface area contributed by atoms with Gasteiger partial charge in [0, 0.05) is 5.02 Å². The third-order valence-electron chi connectivity index (χ3n) is 2.97. The summed E-state index contributed by atoms with van der Waals surface area (Å²) in [5, 5.41) is 8.29. The van der Waals surface area contributed by atoms with Gasteiger partial charge in [-0.2, -0.15) is 0 Å². The van der Waals surface area contributed by atoms with Crippen LogP contribution in [0.15, 0.2) is 50.7 Å². The monoisotopic (exact) mass is 368 g/mol. The first kappa shape index (κ1) is 15.9. The van der Waals surface area contributed by atoms with Gasteiger partial charge in [0.1, 0.15) is 11.8 Å². The molecule has 3 rings (SSSR count). The predicted molar refractivity (Wildman–Crippen MR) is 88.6 cm³/mol. The minimum atomic E-state index is -3.59. The molecule has 0 saturated carbocycles. The Kier molecular flexibility index (Phi) is 4.05. The Balaban J connectivity index is 2.15. The third kappa shape index (κ3) is 2.92. The van der Waals surface area contributed by atoms with E-state index < -0.39 is 9.84 Å². The molecule has 2 aromatic heterocycles. The summed E-state index contributed by atoms with van der Waals surface area (Å²) in [6.45, 7) is 3.39. The fourth-order valence-electron chi connectivity index (χ4n) is 1.92. The maximum absolute atomic E-state index is 12.5. The van der Waals surface area contributed by atoms with Gasteiger partial charge >= 0.3 is 0 Å². The quantitative estimate of drug-likeness (QED) is 0.657. The molecule has 0 aliphatic heterocycles. The second-order valence-electron chi connectivity index (χ2n) is 4.56. The molecule has 0 fully saturated rings. The topological polar surface area (TPSA) is 90.1 Å². The molecule has 3 aromatic rings. The lowest BCUT2D eigenvalue weighted by Gasteiger charge is -1.99. The maximum atomic E-state index is 12.5. The molecule has 0 N–H and O–H groups in total. The summed E-state index contributed by atoms with van der Waals surface area (Å²) >= 11 is 6.70. The molecule has 0 saturated heterocycles. The normalized spacial score (nSPS) is 11.7. The molecule has 0 bridgehead atoms. The van der Waals surface area contributed by atoms with Crippen molar-refractivity contribution in [3.8, 4) is 10.6 Å². The van der Waals surface area contributed by atoms with Gasteiger partial charge in [0.15, 0.2) is 5.01 Å². The van der Waals surface area contributed by atoms with E-state index in [1.54, 1.807) is 12.1 Å². The number of hydrogen-bond donors (Lipinski definition) is 0. The first-order chi connectivity index (χ1) is 10.9. The average molecular weight is 369 g/mol. The highest BCUT2D eigenvalue weighted by Gasteiger charge is 2.21. The molecular weight excluding hydrogens is 360 g/mol. The summed E-state index contributed by atoms with van der Waals surface area (Å²) in [6.07, 6.45) is 2.51. The zero-order chi connectivity index (χ0) is 16.6. The van der Waals surface area contributed by atoms with Gasteiger partial charge in [-0.15, -0.1) is 16.8 Å². The molecule has 1 aromatic carbocycles. The van der Waals surface area contributed by atoms with E-state index in [0.717, 1.165) is 11.3 Å². The number of nitrogens with zero attached hydrogens (tertiary/aromatic N) is 2. The molecule has 2 heterocycles. The van der Waals surface area contributed by atoms with Crippen LogP contribution in [0.3, 0.4) is 0 Å². The first-order valence-electron chi connectivity index (χ1n) is 6.31. The van der Waals surface area contributed by atoms with E-state index in [9.17, 15) is 13.2 Å². The van der Waals surface area contributed by atoms with E-state index in [2.05, 4.69) is 16.8 Å². The second-order valence-corrected chi connectivity index (χ2v) is 8.18. The lowest BCUT2D eigenvalue weighted by atomic mass is 10.2. The average Bonchev–Trinajstić information content (AvgIpc) is 2.99. The van der Waals surface area contributed by atoms with Gasteiger partial charge in [0.2, 0.25) is 19.6 Å². The summed E-state index contributed by atoms with van der Waals surface area (Å²) in [4.78, 5) is 12.5. The van der Waals surface area contributed by atoms with E-state index in [1.165, 1.54) is 18.4 Å². The molecule has 23 heavy (non-hydrogen) atoms. The van der Waals surface area contributed by atoms with Crippen molar-refractivity contribution in [2.24, 2.45) is 0 Å². The fraction of sp³-hybridized carbons (Fsp3) is 0.0714. The number of benzene rings is 1. The minimum absolute atomic E-state index is 0.136. The van der Waals surface area contributed by atoms with Crippen molar-refractivity contribution in [1.29, 1.82) is 0 Å². The van der Waals surface area contributed by atoms with Crippen LogP contribution >= 0.6 is 22.9 Å². The molecule has 0 atom stereocenters. The number of hydrogen-bond acceptors (Lipinski definition) is 7. The van der Waals surface area contributed by atoms with Crippen molar-refractivity contribution >= 4 is 43.7 Å². The Bertz CT molecular complexity index is 1070. The summed E-state index contributed by atoms with van der Waals surface area (Å²) in [7, 11) is -3.59. The lowest BCUT2D eigenvalue weighted by molar-refractivity contribution is 0.597. The summed E-state index contributed by atoms with van der Waals surface area (Å²) < 4.78 is 29.1. The van der Waals surface area contributed by atoms with Crippen molar-refractivity contribution < 1.29 is 12.8 Å². The highest BCUT2D eigenvalue weighted by atomic mass is 35.5. The zero-order valence-electron chi connectivity index (χ0n) is 11.5. The van der Waals surface area contributed by atoms with Crippen LogP contribution in [0, 0.1) is 0 Å². The number of rotatable bonds is 4. The summed E-state index contributed by atoms with van der Waals surface area (Å²) in [5.41, 5.74) is 0.169. The summed E-state index contributed by atoms with van der Waals surface area (Å²) in [6, 6.07) is 4.68. The lowest BCUT2D eigenvalue weighted by Crippen LogP contribution is -2.04. The van der Waals surface area contributed by atoms with Gasteiger partial charge in [0.05, 0.1) is 16.7 Å². The van der Waals surface area contributed by atoms with E-state index in [0.29, 0.717) is 16.0 Å². The van der Waals surface area contributed by atoms with Gasteiger partial charge in [-0.05, 0) is 18.2 Å². The van der Waals surface area contributed by atoms with E-state index in [-0.39, 0.29) is 26.1 Å². The first-order valence-corrected chi connectivity index (χ1v) is 9.15. The largest absolute Gasteiger partial charge is 0.463 e. The van der Waals surface area contributed by atoms with Crippen molar-refractivity contribution in [3.63, 3.8) is 0 Å². The Hall–Kier alpha value is -2.03. The van der Waals surface area contributed by atoms with Gasteiger partial charge in [-0.25, -0.2) is 8.42 Å². The molecule has 0 radical (unpaired) electrons. The van der Waals surface area contributed by atoms with Gasteiger partial charge in [-0.3, -0.25) is 4.79 Å². The predicted octanol–water partition coefficient (Wildman–Crippen LogP) is 2.92. The molecule has 0 aliphatic rings. The van der Waals surface area contributed by atoms with Crippen molar-refractivity contribution in [2.75, 3.05) is 5.75 Å². The Morgan fingerprint density at radius 1 is 1.35 bits per heavy atom. The molecule has 6 nitrogen and oxygen atoms in total. The summed E-state index contributed by atoms with van der Waals surface area (Å²) in [5.74, 6) is -0.246. The smallest absolute Gasteiger partial charge is 0.233 e. The highest BCUT2D eigenvalue weighted by molar-refractivity contribution is 7.93. The van der Waals surface area contributed by atoms with E-state index >= 15 is 0 Å². The van der Waals surface area contributed by atoms with Gasteiger partial charge < -0.3 is 4.42 Å². The van der Waals surface area contributed by atoms with E-state index in [4.69, 9.17) is 16.0 Å². The molecular formula is C14H9ClN2O4S2. The second kappa shape index (κ2) is 5.88. The fourth-order valence-corrected chi connectivity index (χ4v) is 4.24. The van der Waals surface area contributed by atoms with Crippen LogP contribution in [0.2, 0.25) is 5.02 Å². The van der Waals surface area contributed by atoms with Crippen LogP contribution in [-0.2, 0) is 9.84 Å². The number of aromatic nitrogens is 2. The van der Waals surface area contributed by atoms with Crippen molar-refractivity contribution in [2.45, 2.75) is 4.34 Å². The minimum Gasteiger partial charge on any atom is -0.463 e. The van der Waals surface area contributed by atoms with Gasteiger partial charge in [0.25, 0.3) is 0 Å². The Morgan fingerprint density at radius 2 is 2.13 bits per heavy atom. The van der Waals surface area contributed by atoms with Crippen LogP contribution in [0.25, 0.3) is 21.5 Å². The Morgan fingerprint density at radius 3 is 2.87 bits per heavy atom. The molecule has 0 aliphatic carbocycles. The van der Waals surface area contributed by atoms with Crippen molar-refractivity contribution in [3.05, 3.63) is 52.4 Å². The van der Waals surface area contributed by atoms with Crippen molar-refractivity contribution in [1.82, 2.24) is 10.2 Å². The number of sulfone groups is 1. The number of halogens is 1. The molecule has 0 amide bonds. The zero-order valence-corrected chi connectivity index (χ0v) is 13.9. The SMILES string of the molecule is C=CCS(=O)(=O)c1nnc(-c2coc3ccc(Cl)cc3c2=O)s1. The molecule has 0 unspecified atom stereocenters. The number of fused-ring (bicyclic) bond motifs is 1. The van der Waals surface area contributed by atoms with Crippen LogP contribution in [0.5, 0.6) is 0 Å². The standard InChI is InChI=1S/C14H9ClN2O4S2/c1-2-5-23(19,20)14-17-16-13(22-14)10-7-21-11-4-3-8(15)6-9(11)12(10)18/h2-4,6-7H,1,5H2. The molecule has 118 valence electrons. The highest BCUT2D eigenvalue weighted by Crippen LogP contribution is 2.26. The van der Waals surface area contributed by atoms with Crippen LogP contribution in [0.1, 0.15) is 0 Å². The van der Waals surface area contributed by atoms with Crippen LogP contribution in [0.4, 0.5) is 0 Å². The van der Waals surface area contributed by atoms with Crippen LogP contribution in [-0.4, -0.2) is 24.4 Å².